The Morgan fingerprint density at radius 3 is 2.76 bits per heavy atom. The van der Waals surface area contributed by atoms with Gasteiger partial charge in [0.25, 0.3) is 0 Å². The number of nitrogens with zero attached hydrogens (tertiary/aromatic N) is 1. The molecule has 1 N–H and O–H groups in total. The number of rotatable bonds is 7. The van der Waals surface area contributed by atoms with Gasteiger partial charge in [0.1, 0.15) is 5.82 Å². The second-order valence-corrected chi connectivity index (χ2v) is 4.65. The Bertz CT molecular complexity index is 328. The van der Waals surface area contributed by atoms with Crippen molar-refractivity contribution in [3.8, 4) is 0 Å². The maximum Gasteiger partial charge on any atom is 0.146 e. The van der Waals surface area contributed by atoms with E-state index in [1.165, 1.54) is 6.20 Å². The summed E-state index contributed by atoms with van der Waals surface area (Å²) in [5.41, 5.74) is 0.744. The Hall–Kier alpha value is -0.960. The standard InChI is InChI=1S/C14H23FN2/c1-4-7-17-14(9-11(3)5-2)12-6-8-16-10-13(12)15/h6,8,10-11,14,17H,4-5,7,9H2,1-3H3. The topological polar surface area (TPSA) is 24.9 Å². The predicted octanol–water partition coefficient (Wildman–Crippen LogP) is 3.70. The summed E-state index contributed by atoms with van der Waals surface area (Å²) < 4.78 is 13.7. The van der Waals surface area contributed by atoms with Gasteiger partial charge in [0.2, 0.25) is 0 Å². The highest BCUT2D eigenvalue weighted by molar-refractivity contribution is 5.17. The van der Waals surface area contributed by atoms with Crippen LogP contribution in [0.4, 0.5) is 4.39 Å². The van der Waals surface area contributed by atoms with E-state index < -0.39 is 0 Å². The van der Waals surface area contributed by atoms with E-state index in [9.17, 15) is 4.39 Å². The molecule has 0 aliphatic rings. The lowest BCUT2D eigenvalue weighted by Crippen LogP contribution is -2.25. The van der Waals surface area contributed by atoms with Crippen molar-refractivity contribution in [1.82, 2.24) is 10.3 Å². The second-order valence-electron chi connectivity index (χ2n) is 4.65. The highest BCUT2D eigenvalue weighted by Crippen LogP contribution is 2.24. The molecule has 0 saturated carbocycles. The molecule has 96 valence electrons. The van der Waals surface area contributed by atoms with Gasteiger partial charge in [-0.25, -0.2) is 4.39 Å². The van der Waals surface area contributed by atoms with E-state index in [0.717, 1.165) is 31.4 Å². The third-order valence-electron chi connectivity index (χ3n) is 3.15. The van der Waals surface area contributed by atoms with Crippen molar-refractivity contribution in [2.24, 2.45) is 5.92 Å². The van der Waals surface area contributed by atoms with Gasteiger partial charge in [0.05, 0.1) is 6.20 Å². The minimum atomic E-state index is -0.204. The molecule has 1 heterocycles. The number of halogens is 1. The minimum Gasteiger partial charge on any atom is -0.310 e. The molecular weight excluding hydrogens is 215 g/mol. The van der Waals surface area contributed by atoms with Crippen LogP contribution in [-0.4, -0.2) is 11.5 Å². The fourth-order valence-corrected chi connectivity index (χ4v) is 1.88. The monoisotopic (exact) mass is 238 g/mol. The van der Waals surface area contributed by atoms with Crippen molar-refractivity contribution < 1.29 is 4.39 Å². The Labute approximate surface area is 104 Å². The molecule has 1 aromatic rings. The number of nitrogens with one attached hydrogen (secondary N) is 1. The van der Waals surface area contributed by atoms with Crippen molar-refractivity contribution in [1.29, 1.82) is 0 Å². The fourth-order valence-electron chi connectivity index (χ4n) is 1.88. The average molecular weight is 238 g/mol. The van der Waals surface area contributed by atoms with Gasteiger partial charge in [-0.2, -0.15) is 0 Å². The van der Waals surface area contributed by atoms with Crippen molar-refractivity contribution in [2.75, 3.05) is 6.54 Å². The maximum absolute atomic E-state index is 13.7. The quantitative estimate of drug-likeness (QED) is 0.783. The van der Waals surface area contributed by atoms with Gasteiger partial charge < -0.3 is 5.32 Å². The Morgan fingerprint density at radius 2 is 2.18 bits per heavy atom. The molecule has 0 aliphatic carbocycles. The van der Waals surface area contributed by atoms with Crippen LogP contribution >= 0.6 is 0 Å². The summed E-state index contributed by atoms with van der Waals surface area (Å²) in [5.74, 6) is 0.390. The molecular formula is C14H23FN2. The lowest BCUT2D eigenvalue weighted by Gasteiger charge is -2.22. The third-order valence-corrected chi connectivity index (χ3v) is 3.15. The van der Waals surface area contributed by atoms with Crippen LogP contribution in [0.25, 0.3) is 0 Å². The van der Waals surface area contributed by atoms with Gasteiger partial charge in [0.15, 0.2) is 0 Å². The third kappa shape index (κ3) is 4.43. The zero-order valence-corrected chi connectivity index (χ0v) is 11.0. The maximum atomic E-state index is 13.7. The summed E-state index contributed by atoms with van der Waals surface area (Å²) in [6, 6.07) is 1.89. The minimum absolute atomic E-state index is 0.105. The van der Waals surface area contributed by atoms with Crippen molar-refractivity contribution in [3.05, 3.63) is 29.8 Å². The Morgan fingerprint density at radius 1 is 1.41 bits per heavy atom. The summed E-state index contributed by atoms with van der Waals surface area (Å²) in [6.07, 6.45) is 6.11. The SMILES string of the molecule is CCCNC(CC(C)CC)c1ccncc1F. The molecule has 0 aromatic carbocycles. The van der Waals surface area contributed by atoms with E-state index in [1.807, 2.05) is 0 Å². The first kappa shape index (κ1) is 14.1. The van der Waals surface area contributed by atoms with Crippen LogP contribution in [-0.2, 0) is 0 Å². The van der Waals surface area contributed by atoms with Crippen LogP contribution in [0.3, 0.4) is 0 Å². The normalized spacial score (nSPS) is 14.6. The van der Waals surface area contributed by atoms with Crippen LogP contribution in [0.2, 0.25) is 0 Å². The molecule has 2 atom stereocenters. The van der Waals surface area contributed by atoms with Gasteiger partial charge in [-0.05, 0) is 31.4 Å². The lowest BCUT2D eigenvalue weighted by molar-refractivity contribution is 0.391. The first-order valence-corrected chi connectivity index (χ1v) is 6.51. The zero-order valence-electron chi connectivity index (χ0n) is 11.0. The van der Waals surface area contributed by atoms with Crippen LogP contribution < -0.4 is 5.32 Å². The van der Waals surface area contributed by atoms with Crippen molar-refractivity contribution in [2.45, 2.75) is 46.1 Å². The highest BCUT2D eigenvalue weighted by Gasteiger charge is 2.17. The van der Waals surface area contributed by atoms with E-state index in [2.05, 4.69) is 31.1 Å². The summed E-state index contributed by atoms with van der Waals surface area (Å²) in [5, 5.41) is 3.42. The molecule has 0 spiro atoms. The van der Waals surface area contributed by atoms with Gasteiger partial charge in [-0.15, -0.1) is 0 Å². The van der Waals surface area contributed by atoms with Crippen LogP contribution in [0.15, 0.2) is 18.5 Å². The summed E-state index contributed by atoms with van der Waals surface area (Å²) in [7, 11) is 0. The predicted molar refractivity (Wildman–Crippen MR) is 69.3 cm³/mol. The van der Waals surface area contributed by atoms with E-state index >= 15 is 0 Å². The molecule has 2 unspecified atom stereocenters. The molecule has 0 radical (unpaired) electrons. The average Bonchev–Trinajstić information content (AvgIpc) is 2.35. The van der Waals surface area contributed by atoms with E-state index in [-0.39, 0.29) is 11.9 Å². The molecule has 0 amide bonds. The van der Waals surface area contributed by atoms with Gasteiger partial charge in [0, 0.05) is 17.8 Å². The molecule has 0 bridgehead atoms. The molecule has 1 aromatic heterocycles. The number of aromatic nitrogens is 1. The van der Waals surface area contributed by atoms with Crippen LogP contribution in [0.1, 0.15) is 51.6 Å². The van der Waals surface area contributed by atoms with E-state index in [1.54, 1.807) is 12.3 Å². The van der Waals surface area contributed by atoms with Gasteiger partial charge in [-0.3, -0.25) is 4.98 Å². The van der Waals surface area contributed by atoms with Gasteiger partial charge in [-0.1, -0.05) is 27.2 Å². The lowest BCUT2D eigenvalue weighted by atomic mass is 9.94. The molecule has 17 heavy (non-hydrogen) atoms. The number of pyridine rings is 1. The van der Waals surface area contributed by atoms with Gasteiger partial charge >= 0.3 is 0 Å². The molecule has 3 heteroatoms. The summed E-state index contributed by atoms with van der Waals surface area (Å²) in [4.78, 5) is 3.80. The molecule has 0 saturated heterocycles. The Kier molecular flexibility index (Phi) is 6.12. The van der Waals surface area contributed by atoms with E-state index in [4.69, 9.17) is 0 Å². The molecule has 0 aliphatic heterocycles. The number of hydrogen-bond donors (Lipinski definition) is 1. The van der Waals surface area contributed by atoms with Crippen molar-refractivity contribution >= 4 is 0 Å². The van der Waals surface area contributed by atoms with E-state index in [0.29, 0.717) is 5.92 Å². The van der Waals surface area contributed by atoms with Crippen LogP contribution in [0.5, 0.6) is 0 Å². The molecule has 1 rings (SSSR count). The summed E-state index contributed by atoms with van der Waals surface area (Å²) >= 11 is 0. The Balaban J connectivity index is 2.78. The molecule has 0 fully saturated rings. The highest BCUT2D eigenvalue weighted by atomic mass is 19.1. The largest absolute Gasteiger partial charge is 0.310 e. The second kappa shape index (κ2) is 7.38. The smallest absolute Gasteiger partial charge is 0.146 e. The summed E-state index contributed by atoms with van der Waals surface area (Å²) in [6.45, 7) is 7.42. The van der Waals surface area contributed by atoms with Crippen molar-refractivity contribution in [3.63, 3.8) is 0 Å². The molecule has 2 nitrogen and oxygen atoms in total. The number of hydrogen-bond acceptors (Lipinski definition) is 2. The zero-order chi connectivity index (χ0) is 12.7. The van der Waals surface area contributed by atoms with Crippen LogP contribution in [0, 0.1) is 11.7 Å². The fraction of sp³-hybridized carbons (Fsp3) is 0.643. The first-order valence-electron chi connectivity index (χ1n) is 6.51. The first-order chi connectivity index (χ1) is 8.19.